The summed E-state index contributed by atoms with van der Waals surface area (Å²) in [5.74, 6) is -0.578. The van der Waals surface area contributed by atoms with Crippen molar-refractivity contribution in [2.45, 2.75) is 39.7 Å². The van der Waals surface area contributed by atoms with Crippen molar-refractivity contribution in [1.82, 2.24) is 4.90 Å². The molecule has 1 rings (SSSR count). The number of hydrogen-bond acceptors (Lipinski definition) is 3. The molecule has 116 valence electrons. The number of nitrogens with zero attached hydrogens (tertiary/aromatic N) is 1. The van der Waals surface area contributed by atoms with E-state index in [1.807, 2.05) is 32.0 Å². The highest BCUT2D eigenvalue weighted by Crippen LogP contribution is 2.17. The Morgan fingerprint density at radius 1 is 1.24 bits per heavy atom. The summed E-state index contributed by atoms with van der Waals surface area (Å²) in [7, 11) is 1.49. The summed E-state index contributed by atoms with van der Waals surface area (Å²) >= 11 is 0. The van der Waals surface area contributed by atoms with E-state index in [1.54, 1.807) is 0 Å². The number of carboxylic acid groups (broad SMARTS) is 1. The highest BCUT2D eigenvalue weighted by molar-refractivity contribution is 5.86. The van der Waals surface area contributed by atoms with Crippen LogP contribution < -0.4 is 4.74 Å². The molecule has 0 saturated heterocycles. The molecule has 0 aromatic heterocycles. The second-order valence-electron chi connectivity index (χ2n) is 5.66. The number of ether oxygens (including phenoxy) is 1. The topological polar surface area (TPSA) is 66.8 Å². The Hall–Kier alpha value is -2.04. The molecular weight excluding hydrogens is 270 g/mol. The average molecular weight is 293 g/mol. The fraction of sp³-hybridized carbons (Fsp3) is 0.500. The number of carboxylic acids is 1. The van der Waals surface area contributed by atoms with Crippen LogP contribution in [0.4, 0.5) is 0 Å². The van der Waals surface area contributed by atoms with Crippen LogP contribution >= 0.6 is 0 Å². The van der Waals surface area contributed by atoms with Gasteiger partial charge in [0.2, 0.25) is 5.91 Å². The van der Waals surface area contributed by atoms with E-state index in [2.05, 4.69) is 0 Å². The third-order valence-electron chi connectivity index (χ3n) is 3.80. The Kier molecular flexibility index (Phi) is 5.35. The van der Waals surface area contributed by atoms with Gasteiger partial charge in [-0.05, 0) is 51.0 Å². The van der Waals surface area contributed by atoms with Crippen molar-refractivity contribution in [1.29, 1.82) is 0 Å². The van der Waals surface area contributed by atoms with Crippen molar-refractivity contribution < 1.29 is 19.4 Å². The predicted octanol–water partition coefficient (Wildman–Crippen LogP) is 2.39. The first-order valence-electron chi connectivity index (χ1n) is 6.86. The molecule has 5 heteroatoms. The first-order chi connectivity index (χ1) is 9.66. The Morgan fingerprint density at radius 3 is 2.38 bits per heavy atom. The van der Waals surface area contributed by atoms with Gasteiger partial charge in [0, 0.05) is 7.05 Å². The Balaban J connectivity index is 2.54. The van der Waals surface area contributed by atoms with Crippen LogP contribution in [0.2, 0.25) is 0 Å². The van der Waals surface area contributed by atoms with Crippen LogP contribution in [0.5, 0.6) is 5.75 Å². The van der Waals surface area contributed by atoms with Gasteiger partial charge in [0.15, 0.2) is 0 Å². The molecule has 0 radical (unpaired) electrons. The van der Waals surface area contributed by atoms with Gasteiger partial charge in [0.1, 0.15) is 11.3 Å². The molecule has 0 unspecified atom stereocenters. The second-order valence-corrected chi connectivity index (χ2v) is 5.66. The van der Waals surface area contributed by atoms with Crippen LogP contribution in [0.25, 0.3) is 0 Å². The molecular formula is C16H23NO4. The lowest BCUT2D eigenvalue weighted by atomic mass is 10.0. The minimum Gasteiger partial charge on any atom is -0.493 e. The number of carbonyl (C=O) groups excluding carboxylic acids is 1. The van der Waals surface area contributed by atoms with E-state index in [9.17, 15) is 9.59 Å². The fourth-order valence-electron chi connectivity index (χ4n) is 1.68. The van der Waals surface area contributed by atoms with Crippen LogP contribution in [0.1, 0.15) is 31.4 Å². The summed E-state index contributed by atoms with van der Waals surface area (Å²) in [6, 6.07) is 5.74. The van der Waals surface area contributed by atoms with Gasteiger partial charge in [0.05, 0.1) is 13.0 Å². The van der Waals surface area contributed by atoms with E-state index in [0.717, 1.165) is 5.56 Å². The maximum absolute atomic E-state index is 12.0. The summed E-state index contributed by atoms with van der Waals surface area (Å²) in [6.45, 7) is 7.23. The number of carbonyl (C=O) groups is 2. The maximum atomic E-state index is 12.0. The van der Waals surface area contributed by atoms with Crippen molar-refractivity contribution in [2.75, 3.05) is 13.7 Å². The molecule has 0 aliphatic heterocycles. The highest BCUT2D eigenvalue weighted by atomic mass is 16.5. The van der Waals surface area contributed by atoms with E-state index in [0.29, 0.717) is 5.75 Å². The van der Waals surface area contributed by atoms with Crippen LogP contribution in [-0.2, 0) is 9.59 Å². The van der Waals surface area contributed by atoms with Gasteiger partial charge in [-0.2, -0.15) is 0 Å². The number of likely N-dealkylation sites (N-methyl/N-ethyl adjacent to an activating group) is 1. The van der Waals surface area contributed by atoms with Gasteiger partial charge in [-0.15, -0.1) is 0 Å². The van der Waals surface area contributed by atoms with Gasteiger partial charge in [-0.3, -0.25) is 4.79 Å². The number of aryl methyl sites for hydroxylation is 2. The molecule has 0 atom stereocenters. The zero-order valence-electron chi connectivity index (χ0n) is 13.3. The average Bonchev–Trinajstić information content (AvgIpc) is 2.41. The smallest absolute Gasteiger partial charge is 0.329 e. The van der Waals surface area contributed by atoms with Gasteiger partial charge in [0.25, 0.3) is 0 Å². The third-order valence-corrected chi connectivity index (χ3v) is 3.80. The number of rotatable bonds is 6. The zero-order chi connectivity index (χ0) is 16.2. The summed E-state index contributed by atoms with van der Waals surface area (Å²) in [5.41, 5.74) is 1.08. The highest BCUT2D eigenvalue weighted by Gasteiger charge is 2.34. The number of hydrogen-bond donors (Lipinski definition) is 1. The third kappa shape index (κ3) is 4.21. The molecule has 0 fully saturated rings. The van der Waals surface area contributed by atoms with Crippen LogP contribution in [-0.4, -0.2) is 41.1 Å². The molecule has 1 aromatic carbocycles. The fourth-order valence-corrected chi connectivity index (χ4v) is 1.68. The Labute approximate surface area is 125 Å². The first-order valence-corrected chi connectivity index (χ1v) is 6.86. The van der Waals surface area contributed by atoms with E-state index in [4.69, 9.17) is 9.84 Å². The molecule has 0 aliphatic carbocycles. The number of benzene rings is 1. The van der Waals surface area contributed by atoms with Crippen LogP contribution in [0.3, 0.4) is 0 Å². The number of amides is 1. The SMILES string of the molecule is Cc1ccc(OCCC(=O)N(C)C(C)(C)C(=O)O)cc1C. The summed E-state index contributed by atoms with van der Waals surface area (Å²) in [6.07, 6.45) is 0.139. The van der Waals surface area contributed by atoms with Crippen molar-refractivity contribution in [3.05, 3.63) is 29.3 Å². The molecule has 1 N–H and O–H groups in total. The van der Waals surface area contributed by atoms with Gasteiger partial charge in [-0.25, -0.2) is 4.79 Å². The van der Waals surface area contributed by atoms with Crippen LogP contribution in [0.15, 0.2) is 18.2 Å². The van der Waals surface area contributed by atoms with Crippen molar-refractivity contribution >= 4 is 11.9 Å². The van der Waals surface area contributed by atoms with Gasteiger partial charge >= 0.3 is 5.97 Å². The van der Waals surface area contributed by atoms with E-state index in [-0.39, 0.29) is 18.9 Å². The molecule has 1 aromatic rings. The molecule has 0 aliphatic rings. The summed E-state index contributed by atoms with van der Waals surface area (Å²) in [5, 5.41) is 9.10. The predicted molar refractivity (Wildman–Crippen MR) is 80.5 cm³/mol. The molecule has 0 heterocycles. The lowest BCUT2D eigenvalue weighted by Gasteiger charge is -2.31. The number of aliphatic carboxylic acids is 1. The molecule has 1 amide bonds. The minimum atomic E-state index is -1.22. The largest absolute Gasteiger partial charge is 0.493 e. The normalized spacial score (nSPS) is 11.1. The van der Waals surface area contributed by atoms with E-state index < -0.39 is 11.5 Å². The minimum absolute atomic E-state index is 0.139. The lowest BCUT2D eigenvalue weighted by molar-refractivity contribution is -0.155. The molecule has 0 bridgehead atoms. The van der Waals surface area contributed by atoms with Gasteiger partial charge in [-0.1, -0.05) is 6.07 Å². The molecule has 5 nitrogen and oxygen atoms in total. The molecule has 0 spiro atoms. The van der Waals surface area contributed by atoms with Crippen molar-refractivity contribution in [3.8, 4) is 5.75 Å². The maximum Gasteiger partial charge on any atom is 0.329 e. The summed E-state index contributed by atoms with van der Waals surface area (Å²) in [4.78, 5) is 24.3. The second kappa shape index (κ2) is 6.61. The monoisotopic (exact) mass is 293 g/mol. The van der Waals surface area contributed by atoms with Crippen molar-refractivity contribution in [2.24, 2.45) is 0 Å². The lowest BCUT2D eigenvalue weighted by Crippen LogP contribution is -2.51. The van der Waals surface area contributed by atoms with E-state index in [1.165, 1.54) is 31.4 Å². The quantitative estimate of drug-likeness (QED) is 0.874. The molecule has 21 heavy (non-hydrogen) atoms. The summed E-state index contributed by atoms with van der Waals surface area (Å²) < 4.78 is 5.54. The zero-order valence-corrected chi connectivity index (χ0v) is 13.3. The van der Waals surface area contributed by atoms with Gasteiger partial charge < -0.3 is 14.7 Å². The molecule has 0 saturated carbocycles. The van der Waals surface area contributed by atoms with Crippen molar-refractivity contribution in [3.63, 3.8) is 0 Å². The van der Waals surface area contributed by atoms with Crippen LogP contribution in [0, 0.1) is 13.8 Å². The Bertz CT molecular complexity index is 537. The first kappa shape index (κ1) is 17.0. The standard InChI is InChI=1S/C16H23NO4/c1-11-6-7-13(10-12(11)2)21-9-8-14(18)17(5)16(3,4)15(19)20/h6-7,10H,8-9H2,1-5H3,(H,19,20). The Morgan fingerprint density at radius 2 is 1.86 bits per heavy atom. The van der Waals surface area contributed by atoms with E-state index >= 15 is 0 Å².